The topological polar surface area (TPSA) is 35.5 Å². The monoisotopic (exact) mass is 256 g/mol. The summed E-state index contributed by atoms with van der Waals surface area (Å²) in [4.78, 5) is 11.7. The third-order valence-electron chi connectivity index (χ3n) is 2.53. The highest BCUT2D eigenvalue weighted by Crippen LogP contribution is 2.19. The minimum atomic E-state index is -0.779. The van der Waals surface area contributed by atoms with E-state index in [0.29, 0.717) is 17.9 Å². The lowest BCUT2D eigenvalue weighted by Crippen LogP contribution is -2.25. The van der Waals surface area contributed by atoms with Crippen molar-refractivity contribution in [3.63, 3.8) is 0 Å². The van der Waals surface area contributed by atoms with E-state index in [1.807, 2.05) is 25.1 Å². The van der Waals surface area contributed by atoms with Crippen LogP contribution < -0.4 is 0 Å². The molecule has 3 nitrogen and oxygen atoms in total. The third-order valence-corrected chi connectivity index (χ3v) is 2.90. The normalized spacial score (nSPS) is 10.9. The molecule has 0 atom stereocenters. The quantitative estimate of drug-likeness (QED) is 0.735. The Kier molecular flexibility index (Phi) is 5.62. The van der Waals surface area contributed by atoms with Crippen LogP contribution in [0, 0.1) is 6.92 Å². The Morgan fingerprint density at radius 1 is 1.35 bits per heavy atom. The number of halogens is 1. The first kappa shape index (κ1) is 14.2. The second-order valence-electron chi connectivity index (χ2n) is 3.86. The van der Waals surface area contributed by atoms with Crippen molar-refractivity contribution in [2.75, 3.05) is 14.2 Å². The van der Waals surface area contributed by atoms with Crippen LogP contribution in [0.2, 0.25) is 5.02 Å². The Morgan fingerprint density at radius 2 is 2.00 bits per heavy atom. The first-order valence-electron chi connectivity index (χ1n) is 5.41. The van der Waals surface area contributed by atoms with Gasteiger partial charge in [0, 0.05) is 25.7 Å². The van der Waals surface area contributed by atoms with Crippen LogP contribution in [-0.4, -0.2) is 26.3 Å². The molecule has 0 spiro atoms. The summed E-state index contributed by atoms with van der Waals surface area (Å²) in [5.74, 6) is -0.0763. The number of ketones is 1. The van der Waals surface area contributed by atoms with Gasteiger partial charge in [-0.3, -0.25) is 4.79 Å². The molecule has 4 heteroatoms. The zero-order valence-electron chi connectivity index (χ0n) is 10.3. The van der Waals surface area contributed by atoms with Crippen LogP contribution in [0.15, 0.2) is 18.2 Å². The third kappa shape index (κ3) is 4.11. The average molecular weight is 257 g/mol. The predicted octanol–water partition coefficient (Wildman–Crippen LogP) is 2.77. The minimum absolute atomic E-state index is 0.0763. The molecule has 0 heterocycles. The van der Waals surface area contributed by atoms with Crippen molar-refractivity contribution in [3.05, 3.63) is 34.3 Å². The number of carbonyl (C=O) groups is 1. The van der Waals surface area contributed by atoms with E-state index in [4.69, 9.17) is 21.1 Å². The van der Waals surface area contributed by atoms with Crippen molar-refractivity contribution in [1.29, 1.82) is 0 Å². The Labute approximate surface area is 107 Å². The Bertz CT molecular complexity index is 386. The second-order valence-corrected chi connectivity index (χ2v) is 4.27. The van der Waals surface area contributed by atoms with Crippen LogP contribution in [0.5, 0.6) is 0 Å². The Hall–Kier alpha value is -0.900. The van der Waals surface area contributed by atoms with Gasteiger partial charge in [-0.15, -0.1) is 0 Å². The van der Waals surface area contributed by atoms with Gasteiger partial charge >= 0.3 is 0 Å². The van der Waals surface area contributed by atoms with Gasteiger partial charge in [-0.1, -0.05) is 29.3 Å². The number of Topliss-reactive ketones (excluding diaryl/α,β-unsaturated/α-hetero) is 1. The lowest BCUT2D eigenvalue weighted by atomic mass is 10.1. The zero-order chi connectivity index (χ0) is 12.8. The van der Waals surface area contributed by atoms with Gasteiger partial charge in [0.25, 0.3) is 0 Å². The van der Waals surface area contributed by atoms with Gasteiger partial charge in [0.05, 0.1) is 0 Å². The van der Waals surface area contributed by atoms with E-state index in [1.165, 1.54) is 14.2 Å². The molecule has 0 radical (unpaired) electrons. The van der Waals surface area contributed by atoms with Gasteiger partial charge < -0.3 is 9.47 Å². The molecule has 0 aliphatic heterocycles. The van der Waals surface area contributed by atoms with Crippen molar-refractivity contribution in [3.8, 4) is 0 Å². The SMILES string of the molecule is COC(OC)C(=O)CCc1cc(C)ccc1Cl. The minimum Gasteiger partial charge on any atom is -0.349 e. The number of aryl methyl sites for hydroxylation is 2. The summed E-state index contributed by atoms with van der Waals surface area (Å²) in [6, 6.07) is 5.78. The fourth-order valence-electron chi connectivity index (χ4n) is 1.63. The number of methoxy groups -OCH3 is 2. The van der Waals surface area contributed by atoms with E-state index in [1.54, 1.807) is 0 Å². The van der Waals surface area contributed by atoms with E-state index in [0.717, 1.165) is 11.1 Å². The summed E-state index contributed by atoms with van der Waals surface area (Å²) < 4.78 is 9.80. The molecule has 0 aliphatic carbocycles. The van der Waals surface area contributed by atoms with Crippen LogP contribution in [-0.2, 0) is 20.7 Å². The maximum Gasteiger partial charge on any atom is 0.217 e. The first-order valence-corrected chi connectivity index (χ1v) is 5.79. The van der Waals surface area contributed by atoms with E-state index >= 15 is 0 Å². The Balaban J connectivity index is 2.61. The smallest absolute Gasteiger partial charge is 0.217 e. The fourth-order valence-corrected chi connectivity index (χ4v) is 1.84. The van der Waals surface area contributed by atoms with Crippen LogP contribution in [0.3, 0.4) is 0 Å². The molecular formula is C13H17ClO3. The molecule has 1 aromatic carbocycles. The van der Waals surface area contributed by atoms with Gasteiger partial charge in [-0.05, 0) is 25.0 Å². The molecule has 94 valence electrons. The average Bonchev–Trinajstić information content (AvgIpc) is 2.32. The van der Waals surface area contributed by atoms with Gasteiger partial charge in [-0.25, -0.2) is 0 Å². The second kappa shape index (κ2) is 6.74. The highest BCUT2D eigenvalue weighted by Gasteiger charge is 2.16. The van der Waals surface area contributed by atoms with Gasteiger partial charge in [0.2, 0.25) is 6.29 Å². The molecule has 0 bridgehead atoms. The predicted molar refractivity (Wildman–Crippen MR) is 67.3 cm³/mol. The largest absolute Gasteiger partial charge is 0.349 e. The highest BCUT2D eigenvalue weighted by molar-refractivity contribution is 6.31. The molecule has 17 heavy (non-hydrogen) atoms. The number of benzene rings is 1. The molecular weight excluding hydrogens is 240 g/mol. The molecule has 0 aliphatic rings. The first-order chi connectivity index (χ1) is 8.08. The molecule has 0 N–H and O–H groups in total. The summed E-state index contributed by atoms with van der Waals surface area (Å²) in [6.07, 6.45) is 0.177. The highest BCUT2D eigenvalue weighted by atomic mass is 35.5. The van der Waals surface area contributed by atoms with E-state index in [9.17, 15) is 4.79 Å². The molecule has 0 saturated carbocycles. The Morgan fingerprint density at radius 3 is 2.59 bits per heavy atom. The van der Waals surface area contributed by atoms with Crippen molar-refractivity contribution < 1.29 is 14.3 Å². The van der Waals surface area contributed by atoms with Crippen LogP contribution in [0.1, 0.15) is 17.5 Å². The van der Waals surface area contributed by atoms with E-state index in [-0.39, 0.29) is 5.78 Å². The lowest BCUT2D eigenvalue weighted by molar-refractivity contribution is -0.156. The maximum atomic E-state index is 11.7. The molecule has 0 aromatic heterocycles. The zero-order valence-corrected chi connectivity index (χ0v) is 11.1. The molecule has 0 saturated heterocycles. The van der Waals surface area contributed by atoms with Crippen LogP contribution >= 0.6 is 11.6 Å². The fraction of sp³-hybridized carbons (Fsp3) is 0.462. The van der Waals surface area contributed by atoms with Gasteiger partial charge in [0.1, 0.15) is 0 Å². The maximum absolute atomic E-state index is 11.7. The number of hydrogen-bond donors (Lipinski definition) is 0. The van der Waals surface area contributed by atoms with Crippen molar-refractivity contribution in [2.24, 2.45) is 0 Å². The number of ether oxygens (including phenoxy) is 2. The standard InChI is InChI=1S/C13H17ClO3/c1-9-4-6-11(14)10(8-9)5-7-12(15)13(16-2)17-3/h4,6,8,13H,5,7H2,1-3H3. The number of rotatable bonds is 6. The summed E-state index contributed by atoms with van der Waals surface area (Å²) in [5, 5.41) is 0.690. The van der Waals surface area contributed by atoms with Crippen molar-refractivity contribution in [2.45, 2.75) is 26.1 Å². The van der Waals surface area contributed by atoms with Crippen LogP contribution in [0.25, 0.3) is 0 Å². The van der Waals surface area contributed by atoms with Crippen molar-refractivity contribution >= 4 is 17.4 Å². The van der Waals surface area contributed by atoms with Crippen molar-refractivity contribution in [1.82, 2.24) is 0 Å². The molecule has 0 unspecified atom stereocenters. The molecule has 0 fully saturated rings. The van der Waals surface area contributed by atoms with Crippen LogP contribution in [0.4, 0.5) is 0 Å². The van der Waals surface area contributed by atoms with Gasteiger partial charge in [0.15, 0.2) is 5.78 Å². The lowest BCUT2D eigenvalue weighted by Gasteiger charge is -2.12. The van der Waals surface area contributed by atoms with E-state index in [2.05, 4.69) is 0 Å². The molecule has 0 amide bonds. The summed E-state index contributed by atoms with van der Waals surface area (Å²) in [7, 11) is 2.90. The van der Waals surface area contributed by atoms with E-state index < -0.39 is 6.29 Å². The molecule has 1 aromatic rings. The summed E-state index contributed by atoms with van der Waals surface area (Å²) in [5.41, 5.74) is 2.11. The summed E-state index contributed by atoms with van der Waals surface area (Å²) >= 11 is 6.05. The molecule has 1 rings (SSSR count). The number of carbonyl (C=O) groups excluding carboxylic acids is 1. The van der Waals surface area contributed by atoms with Gasteiger partial charge in [-0.2, -0.15) is 0 Å². The summed E-state index contributed by atoms with van der Waals surface area (Å²) in [6.45, 7) is 1.99. The number of hydrogen-bond acceptors (Lipinski definition) is 3.